The van der Waals surface area contributed by atoms with Crippen LogP contribution < -0.4 is 29.7 Å². The topological polar surface area (TPSA) is 109 Å². The van der Waals surface area contributed by atoms with E-state index in [2.05, 4.69) is 10.6 Å². The fraction of sp³-hybridized carbons (Fsp3) is 0.400. The first-order valence-electron chi connectivity index (χ1n) is 11.9. The van der Waals surface area contributed by atoms with Crippen LogP contribution >= 0.6 is 0 Å². The van der Waals surface area contributed by atoms with Gasteiger partial charge in [-0.25, -0.2) is 4.79 Å². The standard InChI is InChI=1S/C25H28N4O6/c30-23(27-25(32)26-17-8-9-20-21(14-17)34-13-12-33-20)16-29-15-22(24(31)28-10-4-1-5-11-28)35-19-7-3-2-6-18(19)29/h2-3,6-9,14,22H,1,4-5,10-13,15-16H2,(H2,26,27,30,32). The Balaban J connectivity index is 1.22. The van der Waals surface area contributed by atoms with E-state index in [1.165, 1.54) is 0 Å². The summed E-state index contributed by atoms with van der Waals surface area (Å²) < 4.78 is 17.0. The molecule has 1 unspecified atom stereocenters. The number of urea groups is 1. The molecule has 3 aliphatic heterocycles. The van der Waals surface area contributed by atoms with Gasteiger partial charge in [0.25, 0.3) is 5.91 Å². The lowest BCUT2D eigenvalue weighted by Gasteiger charge is -2.38. The number of benzene rings is 2. The monoisotopic (exact) mass is 480 g/mol. The lowest BCUT2D eigenvalue weighted by atomic mass is 10.1. The molecule has 0 bridgehead atoms. The number of hydrogen-bond acceptors (Lipinski definition) is 7. The van der Waals surface area contributed by atoms with Crippen LogP contribution in [0.1, 0.15) is 19.3 Å². The number of amides is 4. The van der Waals surface area contributed by atoms with E-state index >= 15 is 0 Å². The molecule has 2 N–H and O–H groups in total. The zero-order valence-corrected chi connectivity index (χ0v) is 19.3. The van der Waals surface area contributed by atoms with Crippen LogP contribution in [0.3, 0.4) is 0 Å². The number of carbonyl (C=O) groups is 3. The van der Waals surface area contributed by atoms with Crippen molar-refractivity contribution in [2.45, 2.75) is 25.4 Å². The molecule has 0 saturated carbocycles. The molecule has 5 rings (SSSR count). The molecule has 3 aliphatic rings. The fourth-order valence-corrected chi connectivity index (χ4v) is 4.53. The number of nitrogens with zero attached hydrogens (tertiary/aromatic N) is 2. The second-order valence-electron chi connectivity index (χ2n) is 8.70. The summed E-state index contributed by atoms with van der Waals surface area (Å²) >= 11 is 0. The van der Waals surface area contributed by atoms with Crippen LogP contribution in [0.2, 0.25) is 0 Å². The fourth-order valence-electron chi connectivity index (χ4n) is 4.53. The van der Waals surface area contributed by atoms with Gasteiger partial charge in [0.05, 0.1) is 18.8 Å². The van der Waals surface area contributed by atoms with Crippen molar-refractivity contribution in [2.75, 3.05) is 49.6 Å². The lowest BCUT2D eigenvalue weighted by Crippen LogP contribution is -2.53. The summed E-state index contributed by atoms with van der Waals surface area (Å²) in [7, 11) is 0. The van der Waals surface area contributed by atoms with Gasteiger partial charge < -0.3 is 29.3 Å². The van der Waals surface area contributed by atoms with Gasteiger partial charge in [0.15, 0.2) is 17.6 Å². The molecule has 2 aromatic carbocycles. The summed E-state index contributed by atoms with van der Waals surface area (Å²) in [6.07, 6.45) is 2.39. The summed E-state index contributed by atoms with van der Waals surface area (Å²) in [6.45, 7) is 2.48. The van der Waals surface area contributed by atoms with Gasteiger partial charge in [0.1, 0.15) is 19.0 Å². The maximum atomic E-state index is 13.1. The van der Waals surface area contributed by atoms with Crippen molar-refractivity contribution in [3.8, 4) is 17.2 Å². The van der Waals surface area contributed by atoms with Crippen molar-refractivity contribution in [3.63, 3.8) is 0 Å². The van der Waals surface area contributed by atoms with Crippen molar-refractivity contribution in [1.29, 1.82) is 0 Å². The second kappa shape index (κ2) is 10.1. The molecule has 1 atom stereocenters. The molecule has 1 fully saturated rings. The van der Waals surface area contributed by atoms with Gasteiger partial charge in [-0.2, -0.15) is 0 Å². The number of ether oxygens (including phenoxy) is 3. The third-order valence-corrected chi connectivity index (χ3v) is 6.19. The van der Waals surface area contributed by atoms with E-state index in [1.807, 2.05) is 23.1 Å². The number of nitrogens with one attached hydrogen (secondary N) is 2. The third-order valence-electron chi connectivity index (χ3n) is 6.19. The Labute approximate surface area is 203 Å². The van der Waals surface area contributed by atoms with Crippen LogP contribution in [0.25, 0.3) is 0 Å². The Bertz CT molecular complexity index is 1120. The van der Waals surface area contributed by atoms with Gasteiger partial charge in [-0.3, -0.25) is 14.9 Å². The Kier molecular flexibility index (Phi) is 6.60. The zero-order chi connectivity index (χ0) is 24.2. The number of fused-ring (bicyclic) bond motifs is 2. The van der Waals surface area contributed by atoms with Crippen LogP contribution in [0, 0.1) is 0 Å². The highest BCUT2D eigenvalue weighted by molar-refractivity contribution is 6.02. The average molecular weight is 481 g/mol. The minimum atomic E-state index is -0.706. The Morgan fingerprint density at radius 1 is 0.914 bits per heavy atom. The second-order valence-corrected chi connectivity index (χ2v) is 8.70. The van der Waals surface area contributed by atoms with Crippen LogP contribution in [0.4, 0.5) is 16.2 Å². The van der Waals surface area contributed by atoms with E-state index < -0.39 is 18.0 Å². The molecule has 2 aromatic rings. The van der Waals surface area contributed by atoms with E-state index in [-0.39, 0.29) is 19.0 Å². The van der Waals surface area contributed by atoms with Gasteiger partial charge in [-0.05, 0) is 43.5 Å². The minimum Gasteiger partial charge on any atom is -0.486 e. The first-order valence-corrected chi connectivity index (χ1v) is 11.9. The summed E-state index contributed by atoms with van der Waals surface area (Å²) in [4.78, 5) is 41.9. The van der Waals surface area contributed by atoms with Crippen LogP contribution in [0.5, 0.6) is 17.2 Å². The zero-order valence-electron chi connectivity index (χ0n) is 19.3. The molecule has 184 valence electrons. The van der Waals surface area contributed by atoms with Crippen LogP contribution in [-0.4, -0.2) is 68.2 Å². The number of carbonyl (C=O) groups excluding carboxylic acids is 3. The third kappa shape index (κ3) is 5.26. The number of rotatable bonds is 4. The molecule has 3 heterocycles. The number of para-hydroxylation sites is 2. The maximum absolute atomic E-state index is 13.1. The van der Waals surface area contributed by atoms with Crippen molar-refractivity contribution in [2.24, 2.45) is 0 Å². The quantitative estimate of drug-likeness (QED) is 0.692. The lowest BCUT2D eigenvalue weighted by molar-refractivity contribution is -0.139. The van der Waals surface area contributed by atoms with Gasteiger partial charge in [0.2, 0.25) is 5.91 Å². The summed E-state index contributed by atoms with van der Waals surface area (Å²) in [5, 5.41) is 4.99. The highest BCUT2D eigenvalue weighted by Crippen LogP contribution is 2.34. The van der Waals surface area contributed by atoms with Gasteiger partial charge in [0, 0.05) is 24.8 Å². The van der Waals surface area contributed by atoms with E-state index in [4.69, 9.17) is 14.2 Å². The van der Waals surface area contributed by atoms with Crippen LogP contribution in [-0.2, 0) is 9.59 Å². The molecule has 35 heavy (non-hydrogen) atoms. The molecule has 0 aliphatic carbocycles. The number of hydrogen-bond donors (Lipinski definition) is 2. The summed E-state index contributed by atoms with van der Waals surface area (Å²) in [5.74, 6) is 1.12. The van der Waals surface area contributed by atoms with Gasteiger partial charge >= 0.3 is 6.03 Å². The molecular formula is C25H28N4O6. The smallest absolute Gasteiger partial charge is 0.325 e. The molecular weight excluding hydrogens is 452 g/mol. The number of imide groups is 1. The molecule has 10 heteroatoms. The Morgan fingerprint density at radius 2 is 1.69 bits per heavy atom. The molecule has 1 saturated heterocycles. The average Bonchev–Trinajstić information content (AvgIpc) is 2.88. The number of piperidine rings is 1. The molecule has 0 spiro atoms. The predicted molar refractivity (Wildman–Crippen MR) is 128 cm³/mol. The van der Waals surface area contributed by atoms with Crippen molar-refractivity contribution < 1.29 is 28.6 Å². The SMILES string of the molecule is O=C(CN1CC(C(=O)N2CCCCC2)Oc2ccccc21)NC(=O)Nc1ccc2c(c1)OCCO2. The summed E-state index contributed by atoms with van der Waals surface area (Å²) in [5.41, 5.74) is 1.18. The Morgan fingerprint density at radius 3 is 2.51 bits per heavy atom. The maximum Gasteiger partial charge on any atom is 0.325 e. The highest BCUT2D eigenvalue weighted by Gasteiger charge is 2.34. The summed E-state index contributed by atoms with van der Waals surface area (Å²) in [6, 6.07) is 11.6. The van der Waals surface area contributed by atoms with Crippen molar-refractivity contribution in [3.05, 3.63) is 42.5 Å². The van der Waals surface area contributed by atoms with Gasteiger partial charge in [-0.15, -0.1) is 0 Å². The van der Waals surface area contributed by atoms with Gasteiger partial charge in [-0.1, -0.05) is 12.1 Å². The van der Waals surface area contributed by atoms with E-state index in [0.29, 0.717) is 41.8 Å². The number of anilines is 2. The highest BCUT2D eigenvalue weighted by atomic mass is 16.6. The molecule has 0 aromatic heterocycles. The predicted octanol–water partition coefficient (Wildman–Crippen LogP) is 2.39. The van der Waals surface area contributed by atoms with Crippen molar-refractivity contribution >= 4 is 29.2 Å². The largest absolute Gasteiger partial charge is 0.486 e. The van der Waals surface area contributed by atoms with E-state index in [9.17, 15) is 14.4 Å². The minimum absolute atomic E-state index is 0.0686. The van der Waals surface area contributed by atoms with Crippen molar-refractivity contribution in [1.82, 2.24) is 10.2 Å². The molecule has 4 amide bonds. The number of likely N-dealkylation sites (tertiary alicyclic amines) is 1. The van der Waals surface area contributed by atoms with Crippen LogP contribution in [0.15, 0.2) is 42.5 Å². The first kappa shape index (κ1) is 22.8. The molecule has 0 radical (unpaired) electrons. The normalized spacial score (nSPS) is 18.7. The Hall–Kier alpha value is -3.95. The molecule has 10 nitrogen and oxygen atoms in total. The van der Waals surface area contributed by atoms with E-state index in [1.54, 1.807) is 29.2 Å². The first-order chi connectivity index (χ1) is 17.1. The van der Waals surface area contributed by atoms with E-state index in [0.717, 1.165) is 32.4 Å².